The number of nitrogens with one attached hydrogen (secondary N) is 1. The second-order valence-corrected chi connectivity index (χ2v) is 5.09. The van der Waals surface area contributed by atoms with Gasteiger partial charge >= 0.3 is 5.97 Å². The van der Waals surface area contributed by atoms with E-state index in [2.05, 4.69) is 5.32 Å². The third-order valence-electron chi connectivity index (χ3n) is 3.19. The first-order valence-corrected chi connectivity index (χ1v) is 7.22. The van der Waals surface area contributed by atoms with Crippen LogP contribution >= 0.6 is 0 Å². The Morgan fingerprint density at radius 2 is 1.75 bits per heavy atom. The Labute approximate surface area is 138 Å². The van der Waals surface area contributed by atoms with E-state index >= 15 is 0 Å². The van der Waals surface area contributed by atoms with Crippen molar-refractivity contribution in [2.24, 2.45) is 0 Å². The molecule has 7 heteroatoms. The Bertz CT molecular complexity index is 728. The molecule has 0 spiro atoms. The van der Waals surface area contributed by atoms with E-state index in [0.29, 0.717) is 6.42 Å². The predicted molar refractivity (Wildman–Crippen MR) is 86.3 cm³/mol. The van der Waals surface area contributed by atoms with Crippen LogP contribution in [0.2, 0.25) is 0 Å². The van der Waals surface area contributed by atoms with Crippen molar-refractivity contribution in [1.29, 1.82) is 0 Å². The summed E-state index contributed by atoms with van der Waals surface area (Å²) in [6.45, 7) is 1.33. The molecule has 7 nitrogen and oxygen atoms in total. The Morgan fingerprint density at radius 3 is 2.29 bits per heavy atom. The van der Waals surface area contributed by atoms with Gasteiger partial charge in [-0.05, 0) is 17.7 Å². The highest BCUT2D eigenvalue weighted by molar-refractivity contribution is 5.90. The molecule has 0 radical (unpaired) electrons. The number of benzene rings is 2. The lowest BCUT2D eigenvalue weighted by Gasteiger charge is -2.18. The van der Waals surface area contributed by atoms with Crippen molar-refractivity contribution in [3.05, 3.63) is 75.8 Å². The molecule has 0 aliphatic rings. The highest BCUT2D eigenvalue weighted by Gasteiger charge is 2.18. The first-order valence-electron chi connectivity index (χ1n) is 7.22. The zero-order valence-corrected chi connectivity index (χ0v) is 13.0. The van der Waals surface area contributed by atoms with Crippen LogP contribution in [0.5, 0.6) is 0 Å². The van der Waals surface area contributed by atoms with Crippen molar-refractivity contribution in [2.45, 2.75) is 19.6 Å². The molecule has 1 amide bonds. The van der Waals surface area contributed by atoms with Gasteiger partial charge in [-0.25, -0.2) is 4.79 Å². The molecule has 0 heterocycles. The normalized spacial score (nSPS) is 11.4. The van der Waals surface area contributed by atoms with Crippen LogP contribution in [-0.2, 0) is 16.0 Å². The fourth-order valence-corrected chi connectivity index (χ4v) is 2.09. The van der Waals surface area contributed by atoms with Gasteiger partial charge in [0.15, 0.2) is 6.23 Å². The van der Waals surface area contributed by atoms with Crippen LogP contribution in [0.25, 0.3) is 0 Å². The quantitative estimate of drug-likeness (QED) is 0.380. The van der Waals surface area contributed by atoms with Gasteiger partial charge in [-0.3, -0.25) is 14.9 Å². The van der Waals surface area contributed by atoms with Crippen molar-refractivity contribution in [2.75, 3.05) is 0 Å². The molecule has 0 aliphatic heterocycles. The van der Waals surface area contributed by atoms with Crippen LogP contribution in [0.4, 0.5) is 5.69 Å². The lowest BCUT2D eigenvalue weighted by Crippen LogP contribution is -2.38. The van der Waals surface area contributed by atoms with Gasteiger partial charge in [0.1, 0.15) is 0 Å². The summed E-state index contributed by atoms with van der Waals surface area (Å²) in [4.78, 5) is 33.5. The van der Waals surface area contributed by atoms with Gasteiger partial charge in [-0.1, -0.05) is 30.3 Å². The summed E-state index contributed by atoms with van der Waals surface area (Å²) in [5.74, 6) is -0.994. The number of non-ortho nitro benzene ring substituents is 1. The van der Waals surface area contributed by atoms with Gasteiger partial charge in [0.2, 0.25) is 5.91 Å². The maximum atomic E-state index is 12.2. The van der Waals surface area contributed by atoms with Crippen LogP contribution in [0.3, 0.4) is 0 Å². The van der Waals surface area contributed by atoms with Crippen molar-refractivity contribution >= 4 is 17.6 Å². The number of hydrogen-bond acceptors (Lipinski definition) is 5. The van der Waals surface area contributed by atoms with Gasteiger partial charge in [0.25, 0.3) is 5.69 Å². The Morgan fingerprint density at radius 1 is 1.12 bits per heavy atom. The fourth-order valence-electron chi connectivity index (χ4n) is 2.09. The molecule has 1 atom stereocenters. The summed E-state index contributed by atoms with van der Waals surface area (Å²) in [5, 5.41) is 13.2. The number of nitro benzene ring substituents is 1. The molecule has 2 aromatic rings. The third kappa shape index (κ3) is 4.91. The van der Waals surface area contributed by atoms with E-state index in [9.17, 15) is 19.7 Å². The van der Waals surface area contributed by atoms with E-state index in [-0.39, 0.29) is 17.2 Å². The summed E-state index contributed by atoms with van der Waals surface area (Å²) < 4.78 is 5.31. The molecular formula is C17H16N2O5. The Kier molecular flexibility index (Phi) is 5.62. The number of esters is 1. The SMILES string of the molecule is CC(=O)N[C@H](Cc1ccccc1)OC(=O)c1ccc([N+](=O)[O-])cc1. The number of carbonyl (C=O) groups excluding carboxylic acids is 2. The number of nitro groups is 1. The average molecular weight is 328 g/mol. The van der Waals surface area contributed by atoms with Gasteiger partial charge in [0, 0.05) is 25.5 Å². The zero-order valence-electron chi connectivity index (χ0n) is 13.0. The lowest BCUT2D eigenvalue weighted by atomic mass is 10.1. The predicted octanol–water partition coefficient (Wildman–Crippen LogP) is 2.46. The van der Waals surface area contributed by atoms with Crippen molar-refractivity contribution in [1.82, 2.24) is 5.32 Å². The standard InChI is InChI=1S/C17H16N2O5/c1-12(20)18-16(11-13-5-3-2-4-6-13)24-17(21)14-7-9-15(10-8-14)19(22)23/h2-10,16H,11H2,1H3,(H,18,20)/t16-/m0/s1. The molecule has 0 saturated heterocycles. The molecule has 0 bridgehead atoms. The summed E-state index contributed by atoms with van der Waals surface area (Å²) in [5.41, 5.74) is 0.950. The number of ether oxygens (including phenoxy) is 1. The largest absolute Gasteiger partial charge is 0.438 e. The van der Waals surface area contributed by atoms with E-state index in [0.717, 1.165) is 5.56 Å². The van der Waals surface area contributed by atoms with Gasteiger partial charge in [0.05, 0.1) is 10.5 Å². The van der Waals surface area contributed by atoms with Crippen LogP contribution in [-0.4, -0.2) is 23.0 Å². The van der Waals surface area contributed by atoms with E-state index in [1.54, 1.807) is 0 Å². The molecule has 0 aliphatic carbocycles. The van der Waals surface area contributed by atoms with Crippen molar-refractivity contribution in [3.63, 3.8) is 0 Å². The van der Waals surface area contributed by atoms with Crippen LogP contribution in [0.15, 0.2) is 54.6 Å². The van der Waals surface area contributed by atoms with E-state index in [4.69, 9.17) is 4.74 Å². The van der Waals surface area contributed by atoms with Crippen LogP contribution in [0, 0.1) is 10.1 Å². The number of rotatable bonds is 6. The molecule has 2 rings (SSSR count). The van der Waals surface area contributed by atoms with Gasteiger partial charge in [-0.2, -0.15) is 0 Å². The van der Waals surface area contributed by atoms with Gasteiger partial charge in [-0.15, -0.1) is 0 Å². The molecule has 124 valence electrons. The minimum absolute atomic E-state index is 0.116. The van der Waals surface area contributed by atoms with Crippen LogP contribution in [0.1, 0.15) is 22.8 Å². The van der Waals surface area contributed by atoms with Crippen molar-refractivity contribution < 1.29 is 19.2 Å². The van der Waals surface area contributed by atoms with E-state index in [1.165, 1.54) is 31.2 Å². The molecular weight excluding hydrogens is 312 g/mol. The highest BCUT2D eigenvalue weighted by Crippen LogP contribution is 2.14. The molecule has 1 N–H and O–H groups in total. The summed E-state index contributed by atoms with van der Waals surface area (Å²) >= 11 is 0. The fraction of sp³-hybridized carbons (Fsp3) is 0.176. The minimum Gasteiger partial charge on any atom is -0.438 e. The summed E-state index contributed by atoms with van der Waals surface area (Å²) in [7, 11) is 0. The number of hydrogen-bond donors (Lipinski definition) is 1. The van der Waals surface area contributed by atoms with E-state index in [1.807, 2.05) is 30.3 Å². The monoisotopic (exact) mass is 328 g/mol. The zero-order chi connectivity index (χ0) is 17.5. The molecule has 0 fully saturated rings. The molecule has 0 saturated carbocycles. The molecule has 24 heavy (non-hydrogen) atoms. The maximum absolute atomic E-state index is 12.2. The van der Waals surface area contributed by atoms with Gasteiger partial charge < -0.3 is 10.1 Å². The molecule has 2 aromatic carbocycles. The first kappa shape index (κ1) is 17.1. The maximum Gasteiger partial charge on any atom is 0.340 e. The number of amides is 1. The second-order valence-electron chi connectivity index (χ2n) is 5.09. The molecule has 0 unspecified atom stereocenters. The lowest BCUT2D eigenvalue weighted by molar-refractivity contribution is -0.384. The summed E-state index contributed by atoms with van der Waals surface area (Å²) in [6.07, 6.45) is -0.508. The number of nitrogens with zero attached hydrogens (tertiary/aromatic N) is 1. The first-order chi connectivity index (χ1) is 11.5. The Balaban J connectivity index is 2.08. The smallest absolute Gasteiger partial charge is 0.340 e. The Hall–Kier alpha value is -3.22. The topological polar surface area (TPSA) is 98.5 Å². The third-order valence-corrected chi connectivity index (χ3v) is 3.19. The number of carbonyl (C=O) groups is 2. The average Bonchev–Trinajstić information content (AvgIpc) is 2.55. The molecule has 0 aromatic heterocycles. The summed E-state index contributed by atoms with van der Waals surface area (Å²) in [6, 6.07) is 14.3. The minimum atomic E-state index is -0.826. The van der Waals surface area contributed by atoms with Crippen molar-refractivity contribution in [3.8, 4) is 0 Å². The van der Waals surface area contributed by atoms with Crippen LogP contribution < -0.4 is 5.32 Å². The van der Waals surface area contributed by atoms with E-state index < -0.39 is 17.1 Å². The highest BCUT2D eigenvalue weighted by atomic mass is 16.6. The second kappa shape index (κ2) is 7.87.